The van der Waals surface area contributed by atoms with Crippen LogP contribution in [0.15, 0.2) is 71.7 Å². The normalized spacial score (nSPS) is 11.0. The number of hydrogen-bond donors (Lipinski definition) is 3. The number of aliphatic imine (C=N–C) groups is 1. The van der Waals surface area contributed by atoms with Gasteiger partial charge in [-0.2, -0.15) is 0 Å². The Bertz CT molecular complexity index is 880. The van der Waals surface area contributed by atoms with Crippen molar-refractivity contribution < 1.29 is 10.2 Å². The van der Waals surface area contributed by atoms with Gasteiger partial charge in [0.05, 0.1) is 0 Å². The van der Waals surface area contributed by atoms with Gasteiger partial charge in [0.15, 0.2) is 0 Å². The number of phenols is 2. The predicted molar refractivity (Wildman–Crippen MR) is 99.3 cm³/mol. The molecule has 0 atom stereocenters. The van der Waals surface area contributed by atoms with Crippen LogP contribution in [0.3, 0.4) is 0 Å². The molecule has 0 unspecified atom stereocenters. The molecule has 0 amide bonds. The Morgan fingerprint density at radius 2 is 1.50 bits per heavy atom. The van der Waals surface area contributed by atoms with Gasteiger partial charge >= 0.3 is 146 Å². The number of nitrogens with two attached hydrogens (primary N) is 1. The quantitative estimate of drug-likeness (QED) is 0.279. The fraction of sp³-hybridized carbons (Fsp3) is 0. The van der Waals surface area contributed by atoms with Crippen molar-refractivity contribution >= 4 is 41.5 Å². The van der Waals surface area contributed by atoms with Crippen LogP contribution in [-0.4, -0.2) is 31.4 Å². The third kappa shape index (κ3) is 3.96. The third-order valence-electron chi connectivity index (χ3n) is 3.34. The van der Waals surface area contributed by atoms with E-state index < -0.39 is 0 Å². The van der Waals surface area contributed by atoms with Crippen LogP contribution in [0.5, 0.6) is 11.5 Å². The number of phenolic OH excluding ortho intramolecular Hbond substituents is 2. The Morgan fingerprint density at radius 3 is 2.17 bits per heavy atom. The van der Waals surface area contributed by atoms with E-state index in [1.165, 1.54) is 0 Å². The summed E-state index contributed by atoms with van der Waals surface area (Å²) in [6.07, 6.45) is 1.72. The van der Waals surface area contributed by atoms with Crippen LogP contribution in [0.25, 0.3) is 0 Å². The van der Waals surface area contributed by atoms with Gasteiger partial charge in [0.2, 0.25) is 0 Å². The van der Waals surface area contributed by atoms with Crippen molar-refractivity contribution in [1.29, 1.82) is 0 Å². The van der Waals surface area contributed by atoms with Crippen LogP contribution in [-0.2, 0) is 0 Å². The van der Waals surface area contributed by atoms with Gasteiger partial charge in [0.1, 0.15) is 0 Å². The zero-order valence-corrected chi connectivity index (χ0v) is 14.5. The van der Waals surface area contributed by atoms with E-state index in [1.54, 1.807) is 30.5 Å². The first-order valence-electron chi connectivity index (χ1n) is 7.30. The molecule has 4 nitrogen and oxygen atoms in total. The Hall–Kier alpha value is -2.75. The standard InChI is InChI=1S/C19H16N2O2Se/c20-16-8-6-14(10-18(16)22)24-15-7-9-17(19(23)11-15)21-12-13-4-2-1-3-5-13/h1-12,22-23H,20H2. The van der Waals surface area contributed by atoms with Crippen LogP contribution in [0.4, 0.5) is 11.4 Å². The summed E-state index contributed by atoms with van der Waals surface area (Å²) in [5, 5.41) is 19.8. The summed E-state index contributed by atoms with van der Waals surface area (Å²) < 4.78 is 1.97. The van der Waals surface area contributed by atoms with Crippen molar-refractivity contribution in [2.24, 2.45) is 4.99 Å². The topological polar surface area (TPSA) is 78.8 Å². The first kappa shape index (κ1) is 16.1. The minimum atomic E-state index is -0.0374. The molecule has 24 heavy (non-hydrogen) atoms. The van der Waals surface area contributed by atoms with E-state index in [0.29, 0.717) is 11.4 Å². The summed E-state index contributed by atoms with van der Waals surface area (Å²) in [4.78, 5) is 4.33. The summed E-state index contributed by atoms with van der Waals surface area (Å²) in [5.74, 6) is 0.226. The molecule has 0 bridgehead atoms. The molecule has 0 heterocycles. The molecule has 120 valence electrons. The van der Waals surface area contributed by atoms with Crippen molar-refractivity contribution in [3.63, 3.8) is 0 Å². The molecule has 0 aliphatic rings. The summed E-state index contributed by atoms with van der Waals surface area (Å²) in [5.41, 5.74) is 7.47. The molecular formula is C19H16N2O2Se. The molecule has 3 aromatic rings. The van der Waals surface area contributed by atoms with E-state index in [9.17, 15) is 10.2 Å². The van der Waals surface area contributed by atoms with Gasteiger partial charge in [-0.05, 0) is 0 Å². The van der Waals surface area contributed by atoms with Gasteiger partial charge in [-0.1, -0.05) is 0 Å². The number of hydrogen-bond acceptors (Lipinski definition) is 4. The van der Waals surface area contributed by atoms with E-state index in [1.807, 2.05) is 42.5 Å². The number of aromatic hydroxyl groups is 2. The zero-order valence-electron chi connectivity index (χ0n) is 12.8. The number of nitrogen functional groups attached to an aromatic ring is 1. The molecule has 0 saturated carbocycles. The molecule has 4 N–H and O–H groups in total. The summed E-state index contributed by atoms with van der Waals surface area (Å²) in [6.45, 7) is 0. The van der Waals surface area contributed by atoms with E-state index >= 15 is 0 Å². The molecule has 3 rings (SSSR count). The minimum absolute atomic E-state index is 0.0374. The Kier molecular flexibility index (Phi) is 4.85. The average molecular weight is 383 g/mol. The molecule has 5 heteroatoms. The van der Waals surface area contributed by atoms with E-state index in [2.05, 4.69) is 4.99 Å². The van der Waals surface area contributed by atoms with Crippen LogP contribution in [0.1, 0.15) is 5.56 Å². The van der Waals surface area contributed by atoms with Crippen molar-refractivity contribution in [3.8, 4) is 11.5 Å². The molecule has 0 aromatic heterocycles. The molecule has 0 saturated heterocycles. The molecule has 3 aromatic carbocycles. The number of anilines is 1. The molecule has 0 spiro atoms. The van der Waals surface area contributed by atoms with Crippen LogP contribution < -0.4 is 14.7 Å². The number of benzene rings is 3. The second-order valence-electron chi connectivity index (χ2n) is 5.14. The zero-order chi connectivity index (χ0) is 16.9. The number of nitrogens with zero attached hydrogens (tertiary/aromatic N) is 1. The summed E-state index contributed by atoms with van der Waals surface area (Å²) >= 11 is -0.0374. The molecule has 0 aliphatic carbocycles. The third-order valence-corrected chi connectivity index (χ3v) is 5.39. The first-order chi connectivity index (χ1) is 11.6. The summed E-state index contributed by atoms with van der Waals surface area (Å²) in [7, 11) is 0. The van der Waals surface area contributed by atoms with Gasteiger partial charge in [-0.25, -0.2) is 0 Å². The van der Waals surface area contributed by atoms with Gasteiger partial charge in [-0.3, -0.25) is 0 Å². The second kappa shape index (κ2) is 7.21. The molecule has 0 radical (unpaired) electrons. The van der Waals surface area contributed by atoms with Crippen LogP contribution in [0, 0.1) is 0 Å². The summed E-state index contributed by atoms with van der Waals surface area (Å²) in [6, 6.07) is 20.4. The predicted octanol–water partition coefficient (Wildman–Crippen LogP) is 2.09. The maximum atomic E-state index is 10.2. The maximum absolute atomic E-state index is 10.2. The fourth-order valence-corrected chi connectivity index (χ4v) is 3.94. The van der Waals surface area contributed by atoms with Gasteiger partial charge in [0.25, 0.3) is 0 Å². The van der Waals surface area contributed by atoms with Crippen LogP contribution >= 0.6 is 0 Å². The Labute approximate surface area is 146 Å². The van der Waals surface area contributed by atoms with Crippen LogP contribution in [0.2, 0.25) is 0 Å². The van der Waals surface area contributed by atoms with Gasteiger partial charge in [-0.15, -0.1) is 0 Å². The van der Waals surface area contributed by atoms with Crippen molar-refractivity contribution in [3.05, 3.63) is 72.3 Å². The second-order valence-corrected chi connectivity index (χ2v) is 7.55. The van der Waals surface area contributed by atoms with Gasteiger partial charge < -0.3 is 0 Å². The van der Waals surface area contributed by atoms with Gasteiger partial charge in [0, 0.05) is 0 Å². The SMILES string of the molecule is Nc1ccc([Se]c2ccc(N=Cc3ccccc3)c(O)c2)cc1O. The molecule has 0 fully saturated rings. The van der Waals surface area contributed by atoms with E-state index in [0.717, 1.165) is 14.5 Å². The Morgan fingerprint density at radius 1 is 0.833 bits per heavy atom. The van der Waals surface area contributed by atoms with Crippen molar-refractivity contribution in [2.75, 3.05) is 5.73 Å². The fourth-order valence-electron chi connectivity index (χ4n) is 2.08. The monoisotopic (exact) mass is 384 g/mol. The number of rotatable bonds is 4. The Balaban J connectivity index is 1.77. The molecular weight excluding hydrogens is 367 g/mol. The average Bonchev–Trinajstić information content (AvgIpc) is 2.58. The van der Waals surface area contributed by atoms with E-state index in [-0.39, 0.29) is 26.5 Å². The van der Waals surface area contributed by atoms with Crippen molar-refractivity contribution in [2.45, 2.75) is 0 Å². The first-order valence-corrected chi connectivity index (χ1v) is 9.01. The van der Waals surface area contributed by atoms with E-state index in [4.69, 9.17) is 5.73 Å². The van der Waals surface area contributed by atoms with Crippen molar-refractivity contribution in [1.82, 2.24) is 0 Å². The molecule has 0 aliphatic heterocycles.